The Balaban J connectivity index is 2.18. The first-order valence-electron chi connectivity index (χ1n) is 6.88. The van der Waals surface area contributed by atoms with E-state index in [0.29, 0.717) is 5.92 Å². The van der Waals surface area contributed by atoms with Gasteiger partial charge in [-0.05, 0) is 18.8 Å². The van der Waals surface area contributed by atoms with Gasteiger partial charge in [0.25, 0.3) is 0 Å². The second-order valence-electron chi connectivity index (χ2n) is 5.20. The number of nitrogens with two attached hydrogens (primary N) is 1. The number of alkyl halides is 3. The van der Waals surface area contributed by atoms with Crippen LogP contribution in [0.15, 0.2) is 6.07 Å². The van der Waals surface area contributed by atoms with E-state index in [1.165, 1.54) is 12.5 Å². The number of aromatic nitrogens is 2. The van der Waals surface area contributed by atoms with Gasteiger partial charge in [0.05, 0.1) is 0 Å². The number of nitrogens with one attached hydrogen (secondary N) is 1. The summed E-state index contributed by atoms with van der Waals surface area (Å²) in [4.78, 5) is 6.78. The highest BCUT2D eigenvalue weighted by atomic mass is 19.4. The molecule has 20 heavy (non-hydrogen) atoms. The molecule has 2 unspecified atom stereocenters. The SMILES string of the molecule is CCC1CCCCC1Nc1cc(N)nc(C(F)(F)F)n1. The molecule has 2 atom stereocenters. The van der Waals surface area contributed by atoms with E-state index in [1.807, 2.05) is 0 Å². The minimum atomic E-state index is -4.58. The highest BCUT2D eigenvalue weighted by Gasteiger charge is 2.35. The molecule has 0 aromatic carbocycles. The van der Waals surface area contributed by atoms with Crippen LogP contribution in [0, 0.1) is 5.92 Å². The molecule has 0 spiro atoms. The third-order valence-electron chi connectivity index (χ3n) is 3.77. The van der Waals surface area contributed by atoms with Crippen molar-refractivity contribution in [2.45, 2.75) is 51.2 Å². The molecule has 7 heteroatoms. The van der Waals surface area contributed by atoms with Crippen LogP contribution in [0.2, 0.25) is 0 Å². The largest absolute Gasteiger partial charge is 0.451 e. The number of nitrogen functional groups attached to an aromatic ring is 1. The first-order chi connectivity index (χ1) is 9.40. The van der Waals surface area contributed by atoms with Crippen LogP contribution >= 0.6 is 0 Å². The van der Waals surface area contributed by atoms with Crippen LogP contribution in [0.5, 0.6) is 0 Å². The van der Waals surface area contributed by atoms with E-state index in [1.54, 1.807) is 0 Å². The monoisotopic (exact) mass is 288 g/mol. The molecule has 1 fully saturated rings. The lowest BCUT2D eigenvalue weighted by atomic mass is 9.83. The zero-order valence-corrected chi connectivity index (χ0v) is 11.4. The Kier molecular flexibility index (Phi) is 4.35. The number of rotatable bonds is 3. The molecule has 2 rings (SSSR count). The fraction of sp³-hybridized carbons (Fsp3) is 0.692. The Morgan fingerprint density at radius 3 is 2.65 bits per heavy atom. The Morgan fingerprint density at radius 1 is 1.30 bits per heavy atom. The predicted octanol–water partition coefficient (Wildman–Crippen LogP) is 3.46. The maximum Gasteiger partial charge on any atom is 0.451 e. The lowest BCUT2D eigenvalue weighted by molar-refractivity contribution is -0.144. The van der Waals surface area contributed by atoms with Crippen molar-refractivity contribution >= 4 is 11.6 Å². The topological polar surface area (TPSA) is 63.8 Å². The second-order valence-corrected chi connectivity index (χ2v) is 5.20. The summed E-state index contributed by atoms with van der Waals surface area (Å²) in [6.45, 7) is 2.10. The summed E-state index contributed by atoms with van der Waals surface area (Å²) in [5, 5.41) is 3.10. The van der Waals surface area contributed by atoms with Gasteiger partial charge in [-0.25, -0.2) is 9.97 Å². The first-order valence-corrected chi connectivity index (χ1v) is 6.88. The van der Waals surface area contributed by atoms with Gasteiger partial charge in [-0.3, -0.25) is 0 Å². The van der Waals surface area contributed by atoms with Crippen LogP contribution < -0.4 is 11.1 Å². The van der Waals surface area contributed by atoms with Crippen molar-refractivity contribution in [2.75, 3.05) is 11.1 Å². The van der Waals surface area contributed by atoms with E-state index in [-0.39, 0.29) is 17.7 Å². The molecule has 1 saturated carbocycles. The molecule has 1 aliphatic rings. The Hall–Kier alpha value is -1.53. The zero-order chi connectivity index (χ0) is 14.8. The number of halogens is 3. The Labute approximate surface area is 116 Å². The van der Waals surface area contributed by atoms with Gasteiger partial charge in [-0.2, -0.15) is 13.2 Å². The van der Waals surface area contributed by atoms with Crippen LogP contribution in [0.4, 0.5) is 24.8 Å². The highest BCUT2D eigenvalue weighted by Crippen LogP contribution is 2.31. The fourth-order valence-electron chi connectivity index (χ4n) is 2.74. The minimum absolute atomic E-state index is 0.157. The Morgan fingerprint density at radius 2 is 2.00 bits per heavy atom. The molecule has 0 aliphatic heterocycles. The molecular weight excluding hydrogens is 269 g/mol. The summed E-state index contributed by atoms with van der Waals surface area (Å²) in [7, 11) is 0. The number of anilines is 2. The molecular formula is C13H19F3N4. The summed E-state index contributed by atoms with van der Waals surface area (Å²) in [5.74, 6) is -0.730. The van der Waals surface area contributed by atoms with E-state index in [2.05, 4.69) is 22.2 Å². The second kappa shape index (κ2) is 5.85. The Bertz CT molecular complexity index is 461. The molecule has 1 aromatic heterocycles. The normalized spacial score (nSPS) is 23.6. The molecule has 1 aromatic rings. The van der Waals surface area contributed by atoms with Crippen molar-refractivity contribution in [3.05, 3.63) is 11.9 Å². The lowest BCUT2D eigenvalue weighted by Gasteiger charge is -2.32. The summed E-state index contributed by atoms with van der Waals surface area (Å²) >= 11 is 0. The number of hydrogen-bond acceptors (Lipinski definition) is 4. The lowest BCUT2D eigenvalue weighted by Crippen LogP contribution is -2.32. The quantitative estimate of drug-likeness (QED) is 0.894. The molecule has 0 radical (unpaired) electrons. The van der Waals surface area contributed by atoms with E-state index in [0.717, 1.165) is 25.7 Å². The van der Waals surface area contributed by atoms with Gasteiger partial charge in [-0.1, -0.05) is 26.2 Å². The van der Waals surface area contributed by atoms with Crippen molar-refractivity contribution in [1.82, 2.24) is 9.97 Å². The summed E-state index contributed by atoms with van der Waals surface area (Å²) < 4.78 is 38.0. The van der Waals surface area contributed by atoms with Crippen LogP contribution in [-0.2, 0) is 6.18 Å². The van der Waals surface area contributed by atoms with Crippen molar-refractivity contribution in [2.24, 2.45) is 5.92 Å². The van der Waals surface area contributed by atoms with Crippen LogP contribution in [-0.4, -0.2) is 16.0 Å². The van der Waals surface area contributed by atoms with Gasteiger partial charge in [0, 0.05) is 12.1 Å². The minimum Gasteiger partial charge on any atom is -0.384 e. The van der Waals surface area contributed by atoms with Crippen LogP contribution in [0.25, 0.3) is 0 Å². The number of nitrogens with zero attached hydrogens (tertiary/aromatic N) is 2. The first kappa shape index (κ1) is 14.9. The molecule has 3 N–H and O–H groups in total. The van der Waals surface area contributed by atoms with Crippen LogP contribution in [0.1, 0.15) is 44.9 Å². The molecule has 1 aliphatic carbocycles. The average molecular weight is 288 g/mol. The van der Waals surface area contributed by atoms with E-state index < -0.39 is 12.0 Å². The zero-order valence-electron chi connectivity index (χ0n) is 11.4. The van der Waals surface area contributed by atoms with Crippen molar-refractivity contribution in [3.8, 4) is 0 Å². The van der Waals surface area contributed by atoms with Gasteiger partial charge in [0.1, 0.15) is 11.6 Å². The molecule has 0 bridgehead atoms. The molecule has 1 heterocycles. The molecule has 0 amide bonds. The van der Waals surface area contributed by atoms with E-state index >= 15 is 0 Å². The van der Waals surface area contributed by atoms with Crippen molar-refractivity contribution < 1.29 is 13.2 Å². The third-order valence-corrected chi connectivity index (χ3v) is 3.77. The van der Waals surface area contributed by atoms with Gasteiger partial charge in [-0.15, -0.1) is 0 Å². The highest BCUT2D eigenvalue weighted by molar-refractivity contribution is 5.45. The predicted molar refractivity (Wildman–Crippen MR) is 71.1 cm³/mol. The van der Waals surface area contributed by atoms with Gasteiger partial charge < -0.3 is 11.1 Å². The van der Waals surface area contributed by atoms with Crippen LogP contribution in [0.3, 0.4) is 0 Å². The van der Waals surface area contributed by atoms with Gasteiger partial charge in [0.2, 0.25) is 5.82 Å². The summed E-state index contributed by atoms with van der Waals surface area (Å²) in [6, 6.07) is 1.51. The molecule has 112 valence electrons. The standard InChI is InChI=1S/C13H19F3N4/c1-2-8-5-3-4-6-9(8)18-11-7-10(17)19-12(20-11)13(14,15)16/h7-9H,2-6H2,1H3,(H3,17,18,19,20). The van der Waals surface area contributed by atoms with Gasteiger partial charge >= 0.3 is 6.18 Å². The van der Waals surface area contributed by atoms with E-state index in [4.69, 9.17) is 5.73 Å². The smallest absolute Gasteiger partial charge is 0.384 e. The fourth-order valence-corrected chi connectivity index (χ4v) is 2.74. The summed E-state index contributed by atoms with van der Waals surface area (Å²) in [5.41, 5.74) is 5.44. The molecule has 0 saturated heterocycles. The maximum atomic E-state index is 12.7. The maximum absolute atomic E-state index is 12.7. The third kappa shape index (κ3) is 3.52. The average Bonchev–Trinajstić information content (AvgIpc) is 2.37. The van der Waals surface area contributed by atoms with Crippen molar-refractivity contribution in [3.63, 3.8) is 0 Å². The van der Waals surface area contributed by atoms with E-state index in [9.17, 15) is 13.2 Å². The van der Waals surface area contributed by atoms with Crippen molar-refractivity contribution in [1.29, 1.82) is 0 Å². The van der Waals surface area contributed by atoms with Gasteiger partial charge in [0.15, 0.2) is 0 Å². The number of hydrogen-bond donors (Lipinski definition) is 2. The molecule has 4 nitrogen and oxygen atoms in total. The summed E-state index contributed by atoms with van der Waals surface area (Å²) in [6.07, 6.45) is 0.731.